The van der Waals surface area contributed by atoms with Crippen molar-refractivity contribution in [2.45, 2.75) is 31.1 Å². The third kappa shape index (κ3) is 5.47. The average molecular weight is 363 g/mol. The second kappa shape index (κ2) is 9.43. The number of rotatable bonds is 9. The Morgan fingerprint density at radius 3 is 2.72 bits per heavy atom. The number of nitrogens with zero attached hydrogens (tertiary/aromatic N) is 3. The molecule has 0 fully saturated rings. The lowest BCUT2D eigenvalue weighted by atomic mass is 10.1. The van der Waals surface area contributed by atoms with Gasteiger partial charge in [0, 0.05) is 13.1 Å². The Hall–Kier alpha value is -2.06. The highest BCUT2D eigenvalue weighted by Crippen LogP contribution is 2.17. The number of hydrogen-bond acceptors (Lipinski definition) is 5. The number of aromatic nitrogens is 3. The van der Waals surface area contributed by atoms with Crippen LogP contribution in [-0.2, 0) is 11.3 Å². The van der Waals surface area contributed by atoms with Gasteiger partial charge in [0.1, 0.15) is 0 Å². The fraction of sp³-hybridized carbons (Fsp3) is 0.471. The van der Waals surface area contributed by atoms with Crippen molar-refractivity contribution >= 4 is 17.7 Å². The lowest BCUT2D eigenvalue weighted by Crippen LogP contribution is -2.35. The zero-order valence-corrected chi connectivity index (χ0v) is 15.7. The zero-order valence-electron chi connectivity index (χ0n) is 14.9. The van der Waals surface area contributed by atoms with Gasteiger partial charge < -0.3 is 10.2 Å². The van der Waals surface area contributed by atoms with E-state index in [0.29, 0.717) is 18.2 Å². The van der Waals surface area contributed by atoms with Gasteiger partial charge in [0.15, 0.2) is 5.16 Å². The summed E-state index contributed by atoms with van der Waals surface area (Å²) in [5, 5.41) is 9.92. The van der Waals surface area contributed by atoms with Crippen molar-refractivity contribution in [1.29, 1.82) is 0 Å². The molecule has 1 heterocycles. The third-order valence-electron chi connectivity index (χ3n) is 3.80. The Bertz CT molecular complexity index is 726. The molecule has 136 valence electrons. The van der Waals surface area contributed by atoms with E-state index in [9.17, 15) is 9.59 Å². The van der Waals surface area contributed by atoms with Gasteiger partial charge in [0.2, 0.25) is 5.91 Å². The van der Waals surface area contributed by atoms with Gasteiger partial charge in [0.05, 0.1) is 11.8 Å². The first kappa shape index (κ1) is 19.3. The number of H-pyrrole nitrogens is 1. The lowest BCUT2D eigenvalue weighted by molar-refractivity contribution is -0.118. The van der Waals surface area contributed by atoms with Crippen LogP contribution in [0.25, 0.3) is 0 Å². The van der Waals surface area contributed by atoms with Gasteiger partial charge in [-0.3, -0.25) is 9.36 Å². The maximum absolute atomic E-state index is 12.2. The van der Waals surface area contributed by atoms with Crippen molar-refractivity contribution in [3.63, 3.8) is 0 Å². The Morgan fingerprint density at radius 1 is 1.36 bits per heavy atom. The SMILES string of the molecule is CCCn1c(SCC(=O)NC[C@@H](c2ccccc2)N(C)C)n[nH]c1=O. The molecule has 1 amide bonds. The number of aromatic amines is 1. The summed E-state index contributed by atoms with van der Waals surface area (Å²) in [7, 11) is 3.98. The smallest absolute Gasteiger partial charge is 0.343 e. The van der Waals surface area contributed by atoms with Crippen molar-refractivity contribution in [3.05, 3.63) is 46.4 Å². The number of nitrogens with one attached hydrogen (secondary N) is 2. The van der Waals surface area contributed by atoms with Crippen molar-refractivity contribution < 1.29 is 4.79 Å². The number of carbonyl (C=O) groups excluding carboxylic acids is 1. The second-order valence-corrected chi connectivity index (χ2v) is 6.89. The number of thioether (sulfide) groups is 1. The van der Waals surface area contributed by atoms with E-state index in [1.165, 1.54) is 11.8 Å². The minimum absolute atomic E-state index is 0.0775. The highest BCUT2D eigenvalue weighted by molar-refractivity contribution is 7.99. The lowest BCUT2D eigenvalue weighted by Gasteiger charge is -2.25. The third-order valence-corrected chi connectivity index (χ3v) is 4.78. The van der Waals surface area contributed by atoms with Crippen LogP contribution in [0.15, 0.2) is 40.3 Å². The second-order valence-electron chi connectivity index (χ2n) is 5.95. The maximum Gasteiger partial charge on any atom is 0.343 e. The minimum atomic E-state index is -0.235. The van der Waals surface area contributed by atoms with E-state index >= 15 is 0 Å². The molecule has 25 heavy (non-hydrogen) atoms. The number of benzene rings is 1. The molecule has 1 aromatic heterocycles. The van der Waals surface area contributed by atoms with Crippen LogP contribution in [0.1, 0.15) is 24.9 Å². The predicted molar refractivity (Wildman–Crippen MR) is 99.7 cm³/mol. The van der Waals surface area contributed by atoms with E-state index in [1.54, 1.807) is 4.57 Å². The average Bonchev–Trinajstić information content (AvgIpc) is 2.94. The summed E-state index contributed by atoms with van der Waals surface area (Å²) >= 11 is 1.27. The maximum atomic E-state index is 12.2. The summed E-state index contributed by atoms with van der Waals surface area (Å²) in [5.74, 6) is 0.148. The minimum Gasteiger partial charge on any atom is -0.353 e. The van der Waals surface area contributed by atoms with Crippen LogP contribution in [0, 0.1) is 0 Å². The summed E-state index contributed by atoms with van der Waals surface area (Å²) in [4.78, 5) is 25.9. The molecular weight excluding hydrogens is 338 g/mol. The summed E-state index contributed by atoms with van der Waals surface area (Å²) in [6.45, 7) is 3.11. The molecule has 2 N–H and O–H groups in total. The summed E-state index contributed by atoms with van der Waals surface area (Å²) in [6.07, 6.45) is 0.834. The molecule has 0 aliphatic heterocycles. The van der Waals surface area contributed by atoms with Gasteiger partial charge in [-0.15, -0.1) is 5.10 Å². The highest BCUT2D eigenvalue weighted by atomic mass is 32.2. The molecular formula is C17H25N5O2S. The molecule has 0 aliphatic rings. The molecule has 0 saturated carbocycles. The summed E-state index contributed by atoms with van der Waals surface area (Å²) in [6, 6.07) is 10.2. The Kier molecular flexibility index (Phi) is 7.27. The van der Waals surface area contributed by atoms with E-state index in [4.69, 9.17) is 0 Å². The van der Waals surface area contributed by atoms with Crippen molar-refractivity contribution in [2.24, 2.45) is 0 Å². The molecule has 0 bridgehead atoms. The number of hydrogen-bond donors (Lipinski definition) is 2. The standard InChI is InChI=1S/C17H25N5O2S/c1-4-10-22-16(24)19-20-17(22)25-12-15(23)18-11-14(21(2)3)13-8-6-5-7-9-13/h5-9,14H,4,10-12H2,1-3H3,(H,18,23)(H,19,24)/t14-/m0/s1. The van der Waals surface area contributed by atoms with Crippen LogP contribution in [0.3, 0.4) is 0 Å². The first-order valence-corrected chi connectivity index (χ1v) is 9.27. The monoisotopic (exact) mass is 363 g/mol. The molecule has 2 rings (SSSR count). The van der Waals surface area contributed by atoms with Crippen LogP contribution in [0.5, 0.6) is 0 Å². The Balaban J connectivity index is 1.89. The fourth-order valence-electron chi connectivity index (χ4n) is 2.50. The molecule has 0 saturated heterocycles. The molecule has 1 atom stereocenters. The summed E-state index contributed by atoms with van der Waals surface area (Å²) in [5.41, 5.74) is 0.922. The molecule has 1 aromatic carbocycles. The topological polar surface area (TPSA) is 83.0 Å². The number of amides is 1. The van der Waals surface area contributed by atoms with E-state index in [1.807, 2.05) is 39.2 Å². The summed E-state index contributed by atoms with van der Waals surface area (Å²) < 4.78 is 1.56. The molecule has 2 aromatic rings. The van der Waals surface area contributed by atoms with Crippen molar-refractivity contribution in [1.82, 2.24) is 25.0 Å². The first-order chi connectivity index (χ1) is 12.0. The van der Waals surface area contributed by atoms with Crippen LogP contribution in [0.4, 0.5) is 0 Å². The first-order valence-electron chi connectivity index (χ1n) is 8.29. The van der Waals surface area contributed by atoms with E-state index in [0.717, 1.165) is 12.0 Å². The quantitative estimate of drug-likeness (QED) is 0.660. The van der Waals surface area contributed by atoms with Gasteiger partial charge in [-0.05, 0) is 26.1 Å². The van der Waals surface area contributed by atoms with Gasteiger partial charge in [-0.1, -0.05) is 49.0 Å². The Morgan fingerprint density at radius 2 is 2.08 bits per heavy atom. The Labute approximate surface area is 151 Å². The van der Waals surface area contributed by atoms with E-state index < -0.39 is 0 Å². The predicted octanol–water partition coefficient (Wildman–Crippen LogP) is 1.49. The van der Waals surface area contributed by atoms with Gasteiger partial charge >= 0.3 is 5.69 Å². The van der Waals surface area contributed by atoms with Gasteiger partial charge in [-0.2, -0.15) is 0 Å². The number of likely N-dealkylation sites (N-methyl/N-ethyl adjacent to an activating group) is 1. The normalized spacial score (nSPS) is 12.3. The van der Waals surface area contributed by atoms with E-state index in [-0.39, 0.29) is 23.4 Å². The fourth-order valence-corrected chi connectivity index (χ4v) is 3.30. The van der Waals surface area contributed by atoms with Gasteiger partial charge in [-0.25, -0.2) is 9.89 Å². The largest absolute Gasteiger partial charge is 0.353 e. The molecule has 7 nitrogen and oxygen atoms in total. The van der Waals surface area contributed by atoms with Crippen LogP contribution in [0.2, 0.25) is 0 Å². The highest BCUT2D eigenvalue weighted by Gasteiger charge is 2.16. The molecule has 8 heteroatoms. The van der Waals surface area contributed by atoms with Crippen LogP contribution >= 0.6 is 11.8 Å². The van der Waals surface area contributed by atoms with E-state index in [2.05, 4.69) is 32.5 Å². The molecule has 0 radical (unpaired) electrons. The van der Waals surface area contributed by atoms with Crippen molar-refractivity contribution in [3.8, 4) is 0 Å². The molecule has 0 spiro atoms. The van der Waals surface area contributed by atoms with Crippen molar-refractivity contribution in [2.75, 3.05) is 26.4 Å². The molecule has 0 unspecified atom stereocenters. The van der Waals surface area contributed by atoms with Crippen LogP contribution in [-0.4, -0.2) is 52.0 Å². The zero-order chi connectivity index (χ0) is 18.2. The van der Waals surface area contributed by atoms with Gasteiger partial charge in [0.25, 0.3) is 0 Å². The van der Waals surface area contributed by atoms with Crippen LogP contribution < -0.4 is 11.0 Å². The molecule has 0 aliphatic carbocycles. The number of carbonyl (C=O) groups is 1.